The van der Waals surface area contributed by atoms with E-state index >= 15 is 0 Å². The Balaban J connectivity index is 2.08. The normalized spacial score (nSPS) is 11.9. The van der Waals surface area contributed by atoms with E-state index in [1.165, 1.54) is 29.2 Å². The van der Waals surface area contributed by atoms with E-state index in [0.717, 1.165) is 22.7 Å². The number of sulfonamides is 1. The SMILES string of the molecule is CCCCNC(=O)[C@H](CC)N(Cc1ccc(Cl)cc1)C(=O)CN(c1ccccc1OCC)S(=O)(=O)c1ccc(Cl)cc1. The van der Waals surface area contributed by atoms with Crippen LogP contribution < -0.4 is 14.4 Å². The van der Waals surface area contributed by atoms with E-state index in [4.69, 9.17) is 27.9 Å². The molecular formula is C31H37Cl2N3O5S. The summed E-state index contributed by atoms with van der Waals surface area (Å²) in [6.45, 7) is 5.91. The van der Waals surface area contributed by atoms with Gasteiger partial charge in [0, 0.05) is 23.1 Å². The standard InChI is InChI=1S/C31H37Cl2N3O5S/c1-4-7-20-34-31(38)27(5-2)35(21-23-12-14-24(32)15-13-23)30(37)22-36(28-10-8-9-11-29(28)41-6-3)42(39,40)26-18-16-25(33)17-19-26/h8-19,27H,4-7,20-22H2,1-3H3,(H,34,38)/t27-/m0/s1. The number of rotatable bonds is 15. The van der Waals surface area contributed by atoms with Gasteiger partial charge >= 0.3 is 0 Å². The Bertz CT molecular complexity index is 1430. The first kappa shape index (κ1) is 33.2. The molecule has 0 heterocycles. The zero-order chi connectivity index (χ0) is 30.7. The molecule has 0 fully saturated rings. The van der Waals surface area contributed by atoms with Crippen molar-refractivity contribution in [3.8, 4) is 5.75 Å². The predicted octanol–water partition coefficient (Wildman–Crippen LogP) is 6.31. The number of ether oxygens (including phenoxy) is 1. The van der Waals surface area contributed by atoms with Gasteiger partial charge in [0.2, 0.25) is 11.8 Å². The Morgan fingerprint density at radius 3 is 2.12 bits per heavy atom. The van der Waals surface area contributed by atoms with Gasteiger partial charge in [-0.05, 0) is 73.9 Å². The molecule has 0 radical (unpaired) electrons. The van der Waals surface area contributed by atoms with Crippen molar-refractivity contribution in [3.05, 3.63) is 88.4 Å². The lowest BCUT2D eigenvalue weighted by Crippen LogP contribution is -2.52. The van der Waals surface area contributed by atoms with Crippen LogP contribution in [0.5, 0.6) is 5.75 Å². The number of nitrogens with one attached hydrogen (secondary N) is 1. The van der Waals surface area contributed by atoms with Crippen molar-refractivity contribution in [3.63, 3.8) is 0 Å². The van der Waals surface area contributed by atoms with Crippen LogP contribution >= 0.6 is 23.2 Å². The smallest absolute Gasteiger partial charge is 0.264 e. The summed E-state index contributed by atoms with van der Waals surface area (Å²) in [7, 11) is -4.26. The number of hydrogen-bond donors (Lipinski definition) is 1. The van der Waals surface area contributed by atoms with Crippen LogP contribution in [-0.4, -0.2) is 50.9 Å². The van der Waals surface area contributed by atoms with Crippen LogP contribution in [0, 0.1) is 0 Å². The quantitative estimate of drug-likeness (QED) is 0.198. The predicted molar refractivity (Wildman–Crippen MR) is 168 cm³/mol. The highest BCUT2D eigenvalue weighted by atomic mass is 35.5. The fourth-order valence-electron chi connectivity index (χ4n) is 4.40. The molecule has 226 valence electrons. The van der Waals surface area contributed by atoms with E-state index in [9.17, 15) is 18.0 Å². The highest BCUT2D eigenvalue weighted by molar-refractivity contribution is 7.92. The summed E-state index contributed by atoms with van der Waals surface area (Å²) in [6.07, 6.45) is 2.03. The van der Waals surface area contributed by atoms with E-state index in [2.05, 4.69) is 5.32 Å². The van der Waals surface area contributed by atoms with Gasteiger partial charge in [-0.3, -0.25) is 13.9 Å². The molecule has 1 N–H and O–H groups in total. The minimum Gasteiger partial charge on any atom is -0.492 e. The van der Waals surface area contributed by atoms with E-state index in [1.807, 2.05) is 13.8 Å². The van der Waals surface area contributed by atoms with Gasteiger partial charge in [-0.25, -0.2) is 8.42 Å². The average Bonchev–Trinajstić information content (AvgIpc) is 2.97. The van der Waals surface area contributed by atoms with Crippen LogP contribution in [0.2, 0.25) is 10.0 Å². The molecule has 11 heteroatoms. The summed E-state index contributed by atoms with van der Waals surface area (Å²) in [5.74, 6) is -0.541. The van der Waals surface area contributed by atoms with Gasteiger partial charge in [0.15, 0.2) is 0 Å². The van der Waals surface area contributed by atoms with Crippen molar-refractivity contribution in [1.29, 1.82) is 0 Å². The van der Waals surface area contributed by atoms with Crippen molar-refractivity contribution in [2.45, 2.75) is 57.5 Å². The fourth-order valence-corrected chi connectivity index (χ4v) is 6.08. The molecule has 8 nitrogen and oxygen atoms in total. The number of unbranched alkanes of at least 4 members (excludes halogenated alkanes) is 1. The topological polar surface area (TPSA) is 96.0 Å². The summed E-state index contributed by atoms with van der Waals surface area (Å²) in [4.78, 5) is 28.9. The van der Waals surface area contributed by atoms with E-state index in [0.29, 0.717) is 35.4 Å². The molecule has 0 bridgehead atoms. The molecule has 0 saturated heterocycles. The number of nitrogens with zero attached hydrogens (tertiary/aromatic N) is 2. The van der Waals surface area contributed by atoms with Gasteiger partial charge in [-0.15, -0.1) is 0 Å². The monoisotopic (exact) mass is 633 g/mol. The largest absolute Gasteiger partial charge is 0.492 e. The number of carbonyl (C=O) groups is 2. The average molecular weight is 635 g/mol. The van der Waals surface area contributed by atoms with E-state index < -0.39 is 28.5 Å². The molecule has 3 rings (SSSR count). The van der Waals surface area contributed by atoms with Gasteiger partial charge in [0.25, 0.3) is 10.0 Å². The molecule has 0 spiro atoms. The Morgan fingerprint density at radius 1 is 0.905 bits per heavy atom. The van der Waals surface area contributed by atoms with Crippen LogP contribution in [0.4, 0.5) is 5.69 Å². The highest BCUT2D eigenvalue weighted by Crippen LogP contribution is 2.33. The van der Waals surface area contributed by atoms with Gasteiger partial charge in [0.1, 0.15) is 18.3 Å². The zero-order valence-corrected chi connectivity index (χ0v) is 26.4. The highest BCUT2D eigenvalue weighted by Gasteiger charge is 2.34. The number of benzene rings is 3. The molecule has 3 aromatic carbocycles. The van der Waals surface area contributed by atoms with Crippen molar-refractivity contribution >= 4 is 50.7 Å². The maximum Gasteiger partial charge on any atom is 0.264 e. The third kappa shape index (κ3) is 8.63. The molecule has 42 heavy (non-hydrogen) atoms. The second-order valence-electron chi connectivity index (χ2n) is 9.58. The van der Waals surface area contributed by atoms with Gasteiger partial charge in [0.05, 0.1) is 17.2 Å². The second kappa shape index (κ2) is 15.8. The van der Waals surface area contributed by atoms with Crippen molar-refractivity contribution < 1.29 is 22.7 Å². The number of para-hydroxylation sites is 2. The number of carbonyl (C=O) groups excluding carboxylic acids is 2. The Morgan fingerprint density at radius 2 is 1.52 bits per heavy atom. The van der Waals surface area contributed by atoms with Crippen LogP contribution in [0.3, 0.4) is 0 Å². The maximum atomic E-state index is 14.2. The molecule has 0 unspecified atom stereocenters. The summed E-state index contributed by atoms with van der Waals surface area (Å²) >= 11 is 12.1. The molecule has 0 saturated carbocycles. The van der Waals surface area contributed by atoms with Crippen molar-refractivity contribution in [2.75, 3.05) is 24.0 Å². The van der Waals surface area contributed by atoms with Crippen LogP contribution in [-0.2, 0) is 26.2 Å². The van der Waals surface area contributed by atoms with Crippen molar-refractivity contribution in [2.24, 2.45) is 0 Å². The number of hydrogen-bond acceptors (Lipinski definition) is 5. The molecule has 2 amide bonds. The second-order valence-corrected chi connectivity index (χ2v) is 12.3. The minimum atomic E-state index is -4.26. The Labute approximate surface area is 258 Å². The lowest BCUT2D eigenvalue weighted by molar-refractivity contribution is -0.140. The number of halogens is 2. The Hall–Kier alpha value is -3.27. The van der Waals surface area contributed by atoms with Gasteiger partial charge in [-0.2, -0.15) is 0 Å². The van der Waals surface area contributed by atoms with Gasteiger partial charge in [-0.1, -0.05) is 67.7 Å². The zero-order valence-electron chi connectivity index (χ0n) is 24.1. The first-order chi connectivity index (χ1) is 20.1. The maximum absolute atomic E-state index is 14.2. The molecule has 1 atom stereocenters. The lowest BCUT2D eigenvalue weighted by atomic mass is 10.1. The lowest BCUT2D eigenvalue weighted by Gasteiger charge is -2.33. The van der Waals surface area contributed by atoms with Crippen LogP contribution in [0.1, 0.15) is 45.6 Å². The summed E-state index contributed by atoms with van der Waals surface area (Å²) in [5.41, 5.74) is 0.948. The Kier molecular flexibility index (Phi) is 12.5. The summed E-state index contributed by atoms with van der Waals surface area (Å²) in [5, 5.41) is 3.83. The molecular weight excluding hydrogens is 597 g/mol. The van der Waals surface area contributed by atoms with E-state index in [1.54, 1.807) is 55.5 Å². The molecule has 0 aliphatic carbocycles. The molecule has 0 aliphatic rings. The number of anilines is 1. The minimum absolute atomic E-state index is 0.0420. The molecule has 0 aliphatic heterocycles. The summed E-state index contributed by atoms with van der Waals surface area (Å²) in [6, 6.07) is 18.5. The number of amides is 2. The summed E-state index contributed by atoms with van der Waals surface area (Å²) < 4.78 is 34.9. The van der Waals surface area contributed by atoms with Crippen LogP contribution in [0.25, 0.3) is 0 Å². The third-order valence-electron chi connectivity index (χ3n) is 6.60. The molecule has 3 aromatic rings. The van der Waals surface area contributed by atoms with E-state index in [-0.39, 0.29) is 23.0 Å². The first-order valence-electron chi connectivity index (χ1n) is 13.9. The van der Waals surface area contributed by atoms with Crippen molar-refractivity contribution in [1.82, 2.24) is 10.2 Å². The van der Waals surface area contributed by atoms with Crippen LogP contribution in [0.15, 0.2) is 77.7 Å². The fraction of sp³-hybridized carbons (Fsp3) is 0.355. The van der Waals surface area contributed by atoms with Gasteiger partial charge < -0.3 is 15.0 Å². The third-order valence-corrected chi connectivity index (χ3v) is 8.87. The molecule has 0 aromatic heterocycles. The first-order valence-corrected chi connectivity index (χ1v) is 16.1.